The number of para-hydroxylation sites is 1. The van der Waals surface area contributed by atoms with Crippen LogP contribution in [0.1, 0.15) is 0 Å². The van der Waals surface area contributed by atoms with Crippen LogP contribution in [-0.2, 0) is 0 Å². The first-order chi connectivity index (χ1) is 8.72. The molecule has 4 nitrogen and oxygen atoms in total. The molecule has 0 aliphatic rings. The SMILES string of the molecule is Nc1ccc2oc(Nc3ccccc3Cl)nc2c1. The van der Waals surface area contributed by atoms with Gasteiger partial charge in [0.15, 0.2) is 5.58 Å². The number of aromatic nitrogens is 1. The lowest BCUT2D eigenvalue weighted by atomic mass is 10.3. The number of hydrogen-bond donors (Lipinski definition) is 2. The lowest BCUT2D eigenvalue weighted by Crippen LogP contribution is -1.90. The van der Waals surface area contributed by atoms with E-state index in [9.17, 15) is 0 Å². The summed E-state index contributed by atoms with van der Waals surface area (Å²) in [7, 11) is 0. The van der Waals surface area contributed by atoms with Gasteiger partial charge in [-0.1, -0.05) is 23.7 Å². The highest BCUT2D eigenvalue weighted by atomic mass is 35.5. The monoisotopic (exact) mass is 259 g/mol. The molecule has 0 bridgehead atoms. The second-order valence-corrected chi connectivity index (χ2v) is 4.26. The molecule has 0 atom stereocenters. The molecule has 1 aromatic heterocycles. The summed E-state index contributed by atoms with van der Waals surface area (Å²) in [6, 6.07) is 13.1. The Morgan fingerprint density at radius 1 is 1.17 bits per heavy atom. The smallest absolute Gasteiger partial charge is 0.300 e. The van der Waals surface area contributed by atoms with Crippen LogP contribution in [0.3, 0.4) is 0 Å². The van der Waals surface area contributed by atoms with E-state index in [4.69, 9.17) is 21.8 Å². The van der Waals surface area contributed by atoms with Crippen LogP contribution < -0.4 is 11.1 Å². The maximum atomic E-state index is 6.05. The summed E-state index contributed by atoms with van der Waals surface area (Å²) in [6.07, 6.45) is 0. The zero-order valence-electron chi connectivity index (χ0n) is 9.35. The van der Waals surface area contributed by atoms with E-state index in [-0.39, 0.29) is 0 Å². The maximum Gasteiger partial charge on any atom is 0.300 e. The van der Waals surface area contributed by atoms with Gasteiger partial charge in [-0.05, 0) is 30.3 Å². The first-order valence-corrected chi connectivity index (χ1v) is 5.78. The third-order valence-electron chi connectivity index (χ3n) is 2.53. The van der Waals surface area contributed by atoms with Crippen LogP contribution in [0.5, 0.6) is 0 Å². The van der Waals surface area contributed by atoms with Crippen molar-refractivity contribution in [1.82, 2.24) is 4.98 Å². The van der Waals surface area contributed by atoms with Crippen molar-refractivity contribution in [3.05, 3.63) is 47.5 Å². The van der Waals surface area contributed by atoms with E-state index in [1.807, 2.05) is 18.2 Å². The number of hydrogen-bond acceptors (Lipinski definition) is 4. The summed E-state index contributed by atoms with van der Waals surface area (Å²) in [5.74, 6) is 0. The number of rotatable bonds is 2. The Morgan fingerprint density at radius 3 is 2.83 bits per heavy atom. The van der Waals surface area contributed by atoms with Gasteiger partial charge in [0.2, 0.25) is 0 Å². The van der Waals surface area contributed by atoms with Crippen molar-refractivity contribution >= 4 is 40.1 Å². The summed E-state index contributed by atoms with van der Waals surface area (Å²) in [6.45, 7) is 0. The minimum absolute atomic E-state index is 0.392. The molecule has 3 aromatic rings. The molecule has 2 aromatic carbocycles. The summed E-state index contributed by atoms with van der Waals surface area (Å²) < 4.78 is 5.55. The Morgan fingerprint density at radius 2 is 2.00 bits per heavy atom. The predicted octanol–water partition coefficient (Wildman–Crippen LogP) is 3.81. The number of benzene rings is 2. The average Bonchev–Trinajstić information content (AvgIpc) is 2.73. The van der Waals surface area contributed by atoms with Gasteiger partial charge < -0.3 is 15.5 Å². The van der Waals surface area contributed by atoms with E-state index in [2.05, 4.69) is 10.3 Å². The number of nitrogens with two attached hydrogens (primary N) is 1. The van der Waals surface area contributed by atoms with E-state index in [0.29, 0.717) is 27.8 Å². The second kappa shape index (κ2) is 4.23. The van der Waals surface area contributed by atoms with Crippen LogP contribution in [-0.4, -0.2) is 4.98 Å². The molecule has 0 spiro atoms. The van der Waals surface area contributed by atoms with Crippen molar-refractivity contribution in [2.75, 3.05) is 11.1 Å². The molecule has 0 fully saturated rings. The summed E-state index contributed by atoms with van der Waals surface area (Å²) >= 11 is 6.05. The number of oxazole rings is 1. The number of nitrogens with zero attached hydrogens (tertiary/aromatic N) is 1. The summed E-state index contributed by atoms with van der Waals surface area (Å²) in [4.78, 5) is 4.29. The minimum Gasteiger partial charge on any atom is -0.423 e. The fourth-order valence-corrected chi connectivity index (χ4v) is 1.86. The Kier molecular flexibility index (Phi) is 2.57. The summed E-state index contributed by atoms with van der Waals surface area (Å²) in [5.41, 5.74) is 8.48. The van der Waals surface area contributed by atoms with Crippen molar-refractivity contribution in [1.29, 1.82) is 0 Å². The van der Waals surface area contributed by atoms with Gasteiger partial charge in [-0.25, -0.2) is 0 Å². The normalized spacial score (nSPS) is 10.7. The highest BCUT2D eigenvalue weighted by Gasteiger charge is 2.07. The van der Waals surface area contributed by atoms with Crippen LogP contribution in [0, 0.1) is 0 Å². The number of fused-ring (bicyclic) bond motifs is 1. The zero-order valence-corrected chi connectivity index (χ0v) is 10.1. The van der Waals surface area contributed by atoms with Gasteiger partial charge in [0.1, 0.15) is 5.52 Å². The van der Waals surface area contributed by atoms with E-state index in [1.54, 1.807) is 24.3 Å². The molecule has 0 aliphatic carbocycles. The molecule has 3 N–H and O–H groups in total. The van der Waals surface area contributed by atoms with Gasteiger partial charge in [0.05, 0.1) is 10.7 Å². The van der Waals surface area contributed by atoms with Crippen LogP contribution in [0.2, 0.25) is 5.02 Å². The molecular weight excluding hydrogens is 250 g/mol. The third-order valence-corrected chi connectivity index (χ3v) is 2.86. The van der Waals surface area contributed by atoms with Gasteiger partial charge in [0.25, 0.3) is 6.01 Å². The Hall–Kier alpha value is -2.20. The van der Waals surface area contributed by atoms with Gasteiger partial charge >= 0.3 is 0 Å². The molecule has 90 valence electrons. The van der Waals surface area contributed by atoms with Crippen molar-refractivity contribution in [3.63, 3.8) is 0 Å². The number of anilines is 3. The van der Waals surface area contributed by atoms with Crippen molar-refractivity contribution in [3.8, 4) is 0 Å². The largest absolute Gasteiger partial charge is 0.423 e. The predicted molar refractivity (Wildman–Crippen MR) is 73.2 cm³/mol. The fraction of sp³-hybridized carbons (Fsp3) is 0. The maximum absolute atomic E-state index is 6.05. The standard InChI is InChI=1S/C13H10ClN3O/c14-9-3-1-2-4-10(9)16-13-17-11-7-8(15)5-6-12(11)18-13/h1-7H,15H2,(H,16,17). The Labute approximate surface area is 108 Å². The highest BCUT2D eigenvalue weighted by Crippen LogP contribution is 2.27. The van der Waals surface area contributed by atoms with Crippen molar-refractivity contribution in [2.24, 2.45) is 0 Å². The second-order valence-electron chi connectivity index (χ2n) is 3.85. The molecular formula is C13H10ClN3O. The summed E-state index contributed by atoms with van der Waals surface area (Å²) in [5, 5.41) is 3.64. The molecule has 0 amide bonds. The van der Waals surface area contributed by atoms with Crippen molar-refractivity contribution < 1.29 is 4.42 Å². The molecule has 3 rings (SSSR count). The number of nitrogens with one attached hydrogen (secondary N) is 1. The molecule has 0 saturated heterocycles. The highest BCUT2D eigenvalue weighted by molar-refractivity contribution is 6.33. The third kappa shape index (κ3) is 1.98. The van der Waals surface area contributed by atoms with Gasteiger partial charge in [-0.15, -0.1) is 0 Å². The molecule has 18 heavy (non-hydrogen) atoms. The van der Waals surface area contributed by atoms with Crippen LogP contribution in [0.4, 0.5) is 17.4 Å². The van der Waals surface area contributed by atoms with E-state index < -0.39 is 0 Å². The van der Waals surface area contributed by atoms with Crippen LogP contribution in [0.15, 0.2) is 46.9 Å². The lowest BCUT2D eigenvalue weighted by Gasteiger charge is -2.02. The Bertz CT molecular complexity index is 708. The molecule has 0 unspecified atom stereocenters. The Balaban J connectivity index is 1.98. The van der Waals surface area contributed by atoms with E-state index in [1.165, 1.54) is 0 Å². The fourth-order valence-electron chi connectivity index (χ4n) is 1.68. The average molecular weight is 260 g/mol. The molecule has 0 radical (unpaired) electrons. The first kappa shape index (κ1) is 10.9. The quantitative estimate of drug-likeness (QED) is 0.687. The molecule has 1 heterocycles. The minimum atomic E-state index is 0.392. The van der Waals surface area contributed by atoms with Gasteiger partial charge in [-0.2, -0.15) is 4.98 Å². The van der Waals surface area contributed by atoms with Crippen molar-refractivity contribution in [2.45, 2.75) is 0 Å². The molecule has 0 aliphatic heterocycles. The molecule has 5 heteroatoms. The van der Waals surface area contributed by atoms with E-state index >= 15 is 0 Å². The van der Waals surface area contributed by atoms with Gasteiger partial charge in [0, 0.05) is 5.69 Å². The lowest BCUT2D eigenvalue weighted by molar-refractivity contribution is 0.623. The van der Waals surface area contributed by atoms with E-state index in [0.717, 1.165) is 5.69 Å². The number of nitrogen functional groups attached to an aromatic ring is 1. The first-order valence-electron chi connectivity index (χ1n) is 5.40. The van der Waals surface area contributed by atoms with Crippen LogP contribution in [0.25, 0.3) is 11.1 Å². The zero-order chi connectivity index (χ0) is 12.5. The van der Waals surface area contributed by atoms with Crippen LogP contribution >= 0.6 is 11.6 Å². The topological polar surface area (TPSA) is 64.1 Å². The molecule has 0 saturated carbocycles. The van der Waals surface area contributed by atoms with Gasteiger partial charge in [-0.3, -0.25) is 0 Å². The number of halogens is 1.